The Hall–Kier alpha value is -0.280. The van der Waals surface area contributed by atoms with Gasteiger partial charge in [-0.25, -0.2) is 4.39 Å². The highest BCUT2D eigenvalue weighted by molar-refractivity contribution is 9.10. The van der Waals surface area contributed by atoms with Crippen molar-refractivity contribution in [1.82, 2.24) is 0 Å². The van der Waals surface area contributed by atoms with Crippen LogP contribution in [0.3, 0.4) is 0 Å². The second-order valence-electron chi connectivity index (χ2n) is 3.73. The van der Waals surface area contributed by atoms with Gasteiger partial charge >= 0.3 is 0 Å². The van der Waals surface area contributed by atoms with Crippen molar-refractivity contribution in [2.45, 2.75) is 18.7 Å². The molecule has 0 heterocycles. The van der Waals surface area contributed by atoms with E-state index in [-0.39, 0.29) is 11.7 Å². The SMILES string of the molecule is Fc1c(OCC2CC2)ccc(Br)c1CCl. The number of rotatable bonds is 4. The number of alkyl halides is 1. The average molecular weight is 294 g/mol. The van der Waals surface area contributed by atoms with E-state index in [2.05, 4.69) is 15.9 Å². The van der Waals surface area contributed by atoms with Crippen LogP contribution in [0.15, 0.2) is 16.6 Å². The molecule has 1 nitrogen and oxygen atoms in total. The second-order valence-corrected chi connectivity index (χ2v) is 4.85. The third kappa shape index (κ3) is 2.64. The van der Waals surface area contributed by atoms with Crippen molar-refractivity contribution in [3.8, 4) is 5.75 Å². The van der Waals surface area contributed by atoms with Crippen molar-refractivity contribution in [1.29, 1.82) is 0 Å². The predicted octanol–water partition coefficient (Wildman–Crippen LogP) is 4.12. The molecule has 82 valence electrons. The molecule has 0 unspecified atom stereocenters. The zero-order chi connectivity index (χ0) is 10.8. The summed E-state index contributed by atoms with van der Waals surface area (Å²) in [5.74, 6) is 0.723. The first kappa shape index (κ1) is 11.2. The van der Waals surface area contributed by atoms with Crippen molar-refractivity contribution >= 4 is 27.5 Å². The summed E-state index contributed by atoms with van der Waals surface area (Å²) in [5.41, 5.74) is 0.463. The summed E-state index contributed by atoms with van der Waals surface area (Å²) >= 11 is 8.91. The molecule has 0 spiro atoms. The molecule has 0 N–H and O–H groups in total. The Morgan fingerprint density at radius 2 is 2.20 bits per heavy atom. The Morgan fingerprint density at radius 3 is 2.80 bits per heavy atom. The maximum Gasteiger partial charge on any atom is 0.170 e. The maximum absolute atomic E-state index is 13.8. The summed E-state index contributed by atoms with van der Waals surface area (Å²) in [6, 6.07) is 3.40. The smallest absolute Gasteiger partial charge is 0.170 e. The van der Waals surface area contributed by atoms with Gasteiger partial charge in [0.2, 0.25) is 0 Å². The third-order valence-electron chi connectivity index (χ3n) is 2.46. The van der Waals surface area contributed by atoms with Gasteiger partial charge in [0.25, 0.3) is 0 Å². The Bertz CT molecular complexity index is 366. The van der Waals surface area contributed by atoms with Gasteiger partial charge in [-0.2, -0.15) is 0 Å². The molecule has 0 amide bonds. The van der Waals surface area contributed by atoms with E-state index in [1.54, 1.807) is 12.1 Å². The van der Waals surface area contributed by atoms with E-state index in [1.165, 1.54) is 12.8 Å². The minimum absolute atomic E-state index is 0.146. The maximum atomic E-state index is 13.8. The summed E-state index contributed by atoms with van der Waals surface area (Å²) in [6.45, 7) is 0.611. The first-order chi connectivity index (χ1) is 7.22. The normalized spacial score (nSPS) is 15.4. The second kappa shape index (κ2) is 4.71. The number of hydrogen-bond acceptors (Lipinski definition) is 1. The van der Waals surface area contributed by atoms with Gasteiger partial charge in [-0.1, -0.05) is 15.9 Å². The van der Waals surface area contributed by atoms with Crippen LogP contribution in [-0.2, 0) is 5.88 Å². The summed E-state index contributed by atoms with van der Waals surface area (Å²) in [6.07, 6.45) is 2.39. The summed E-state index contributed by atoms with van der Waals surface area (Å²) in [5, 5.41) is 0. The van der Waals surface area contributed by atoms with E-state index in [4.69, 9.17) is 16.3 Å². The van der Waals surface area contributed by atoms with Gasteiger partial charge in [0.05, 0.1) is 12.5 Å². The van der Waals surface area contributed by atoms with Crippen LogP contribution in [0, 0.1) is 11.7 Å². The van der Waals surface area contributed by atoms with E-state index in [0.717, 1.165) is 0 Å². The molecule has 15 heavy (non-hydrogen) atoms. The van der Waals surface area contributed by atoms with Crippen LogP contribution < -0.4 is 4.74 Å². The molecule has 1 aliphatic carbocycles. The molecule has 1 saturated carbocycles. The molecular formula is C11H11BrClFO. The number of ether oxygens (including phenoxy) is 1. The lowest BCUT2D eigenvalue weighted by Crippen LogP contribution is -2.02. The highest BCUT2D eigenvalue weighted by atomic mass is 79.9. The summed E-state index contributed by atoms with van der Waals surface area (Å²) in [7, 11) is 0. The van der Waals surface area contributed by atoms with Gasteiger partial charge in [0.15, 0.2) is 11.6 Å². The minimum atomic E-state index is -0.347. The van der Waals surface area contributed by atoms with E-state index in [0.29, 0.717) is 28.3 Å². The van der Waals surface area contributed by atoms with Gasteiger partial charge in [-0.05, 0) is 30.9 Å². The first-order valence-corrected chi connectivity index (χ1v) is 6.20. The number of benzene rings is 1. The molecular weight excluding hydrogens is 282 g/mol. The van der Waals surface area contributed by atoms with Gasteiger partial charge < -0.3 is 4.74 Å². The third-order valence-corrected chi connectivity index (χ3v) is 3.47. The van der Waals surface area contributed by atoms with Gasteiger partial charge in [-0.3, -0.25) is 0 Å². The Kier molecular flexibility index (Phi) is 3.52. The van der Waals surface area contributed by atoms with E-state index in [9.17, 15) is 4.39 Å². The summed E-state index contributed by atoms with van der Waals surface area (Å²) < 4.78 is 19.9. The zero-order valence-corrected chi connectivity index (χ0v) is 10.4. The quantitative estimate of drug-likeness (QED) is 0.759. The van der Waals surface area contributed by atoms with Crippen molar-refractivity contribution in [2.24, 2.45) is 5.92 Å². The molecule has 1 aromatic carbocycles. The number of hydrogen-bond donors (Lipinski definition) is 0. The molecule has 1 aromatic rings. The van der Waals surface area contributed by atoms with Crippen LogP contribution in [0.1, 0.15) is 18.4 Å². The van der Waals surface area contributed by atoms with E-state index in [1.807, 2.05) is 0 Å². The Morgan fingerprint density at radius 1 is 1.47 bits per heavy atom. The zero-order valence-electron chi connectivity index (χ0n) is 8.10. The molecule has 0 radical (unpaired) electrons. The minimum Gasteiger partial charge on any atom is -0.490 e. The van der Waals surface area contributed by atoms with Crippen LogP contribution in [0.5, 0.6) is 5.75 Å². The van der Waals surface area contributed by atoms with Crippen LogP contribution >= 0.6 is 27.5 Å². The lowest BCUT2D eigenvalue weighted by Gasteiger charge is -2.09. The fraction of sp³-hybridized carbons (Fsp3) is 0.455. The highest BCUT2D eigenvalue weighted by Crippen LogP contribution is 2.32. The van der Waals surface area contributed by atoms with Crippen LogP contribution in [-0.4, -0.2) is 6.61 Å². The lowest BCUT2D eigenvalue weighted by molar-refractivity contribution is 0.284. The standard InChI is InChI=1S/C11H11BrClFO/c12-9-3-4-10(11(14)8(9)5-13)15-6-7-1-2-7/h3-4,7H,1-2,5-6H2. The molecule has 0 atom stereocenters. The number of halogens is 3. The molecule has 2 rings (SSSR count). The fourth-order valence-electron chi connectivity index (χ4n) is 1.30. The average Bonchev–Trinajstić information content (AvgIpc) is 3.01. The van der Waals surface area contributed by atoms with Crippen LogP contribution in [0.2, 0.25) is 0 Å². The molecule has 1 aliphatic rings. The van der Waals surface area contributed by atoms with Crippen LogP contribution in [0.4, 0.5) is 4.39 Å². The van der Waals surface area contributed by atoms with Gasteiger partial charge in [0, 0.05) is 10.0 Å². The Balaban J connectivity index is 2.15. The molecule has 0 aromatic heterocycles. The van der Waals surface area contributed by atoms with Crippen LogP contribution in [0.25, 0.3) is 0 Å². The molecule has 4 heteroatoms. The van der Waals surface area contributed by atoms with Crippen molar-refractivity contribution in [3.05, 3.63) is 28.0 Å². The summed E-state index contributed by atoms with van der Waals surface area (Å²) in [4.78, 5) is 0. The predicted molar refractivity (Wildman–Crippen MR) is 61.9 cm³/mol. The van der Waals surface area contributed by atoms with Gasteiger partial charge in [-0.15, -0.1) is 11.6 Å². The molecule has 0 aliphatic heterocycles. The lowest BCUT2D eigenvalue weighted by atomic mass is 10.2. The fourth-order valence-corrected chi connectivity index (χ4v) is 2.17. The Labute approximate surface area is 102 Å². The van der Waals surface area contributed by atoms with E-state index < -0.39 is 0 Å². The molecule has 0 bridgehead atoms. The molecule has 1 fully saturated rings. The monoisotopic (exact) mass is 292 g/mol. The van der Waals surface area contributed by atoms with Gasteiger partial charge in [0.1, 0.15) is 0 Å². The largest absolute Gasteiger partial charge is 0.490 e. The first-order valence-electron chi connectivity index (χ1n) is 4.88. The van der Waals surface area contributed by atoms with Crippen molar-refractivity contribution in [3.63, 3.8) is 0 Å². The van der Waals surface area contributed by atoms with Crippen molar-refractivity contribution in [2.75, 3.05) is 6.61 Å². The highest BCUT2D eigenvalue weighted by Gasteiger charge is 2.23. The van der Waals surface area contributed by atoms with Crippen molar-refractivity contribution < 1.29 is 9.13 Å². The topological polar surface area (TPSA) is 9.23 Å². The van der Waals surface area contributed by atoms with E-state index >= 15 is 0 Å². The molecule has 0 saturated heterocycles.